The normalized spacial score (nSPS) is 31.0. The molecule has 2 unspecified atom stereocenters. The second-order valence-electron chi connectivity index (χ2n) is 3.02. The molecule has 1 rings (SSSR count). The maximum absolute atomic E-state index is 11.2. The summed E-state index contributed by atoms with van der Waals surface area (Å²) in [7, 11) is 0. The fourth-order valence-electron chi connectivity index (χ4n) is 1.43. The lowest BCUT2D eigenvalue weighted by Crippen LogP contribution is -2.12. The van der Waals surface area contributed by atoms with E-state index < -0.39 is 0 Å². The van der Waals surface area contributed by atoms with Crippen molar-refractivity contribution < 1.29 is 9.59 Å². The summed E-state index contributed by atoms with van der Waals surface area (Å²) in [5.41, 5.74) is 0. The molecule has 0 aliphatic heterocycles. The first-order valence-corrected chi connectivity index (χ1v) is 3.84. The van der Waals surface area contributed by atoms with E-state index in [0.717, 1.165) is 0 Å². The SMILES string of the molecule is C=CCC1CC(=O)C(C)C1=O. The Balaban J connectivity index is 2.66. The predicted molar refractivity (Wildman–Crippen MR) is 42.1 cm³/mol. The minimum Gasteiger partial charge on any atom is -0.299 e. The second kappa shape index (κ2) is 2.99. The molecule has 1 fully saturated rings. The third-order valence-corrected chi connectivity index (χ3v) is 2.21. The van der Waals surface area contributed by atoms with Gasteiger partial charge in [-0.25, -0.2) is 0 Å². The van der Waals surface area contributed by atoms with E-state index in [2.05, 4.69) is 6.58 Å². The highest BCUT2D eigenvalue weighted by Gasteiger charge is 2.36. The van der Waals surface area contributed by atoms with E-state index in [1.165, 1.54) is 0 Å². The largest absolute Gasteiger partial charge is 0.299 e. The first-order chi connectivity index (χ1) is 5.16. The van der Waals surface area contributed by atoms with Gasteiger partial charge in [0.25, 0.3) is 0 Å². The quantitative estimate of drug-likeness (QED) is 0.442. The summed E-state index contributed by atoms with van der Waals surface area (Å²) in [4.78, 5) is 22.3. The van der Waals surface area contributed by atoms with Crippen molar-refractivity contribution in [2.45, 2.75) is 19.8 Å². The van der Waals surface area contributed by atoms with Gasteiger partial charge in [-0.2, -0.15) is 0 Å². The van der Waals surface area contributed by atoms with Crippen molar-refractivity contribution in [1.82, 2.24) is 0 Å². The standard InChI is InChI=1S/C9H12O2/c1-3-4-7-5-8(10)6(2)9(7)11/h3,6-7H,1,4-5H2,2H3. The zero-order valence-electron chi connectivity index (χ0n) is 6.67. The van der Waals surface area contributed by atoms with Crippen LogP contribution in [0, 0.1) is 11.8 Å². The van der Waals surface area contributed by atoms with Crippen LogP contribution in [0.2, 0.25) is 0 Å². The molecule has 1 saturated carbocycles. The Hall–Kier alpha value is -0.920. The summed E-state index contributed by atoms with van der Waals surface area (Å²) in [6, 6.07) is 0. The summed E-state index contributed by atoms with van der Waals surface area (Å²) in [5, 5.41) is 0. The zero-order valence-corrected chi connectivity index (χ0v) is 6.67. The van der Waals surface area contributed by atoms with Crippen LogP contribution in [0.5, 0.6) is 0 Å². The number of hydrogen-bond donors (Lipinski definition) is 0. The van der Waals surface area contributed by atoms with Crippen molar-refractivity contribution in [1.29, 1.82) is 0 Å². The Morgan fingerprint density at radius 2 is 2.27 bits per heavy atom. The molecule has 0 radical (unpaired) electrons. The summed E-state index contributed by atoms with van der Waals surface area (Å²) in [6.45, 7) is 5.23. The van der Waals surface area contributed by atoms with E-state index in [0.29, 0.717) is 12.8 Å². The van der Waals surface area contributed by atoms with Crippen molar-refractivity contribution in [2.75, 3.05) is 0 Å². The first kappa shape index (κ1) is 8.18. The van der Waals surface area contributed by atoms with Gasteiger partial charge in [0.05, 0.1) is 5.92 Å². The molecule has 0 aromatic carbocycles. The number of ketones is 2. The Morgan fingerprint density at radius 3 is 2.64 bits per heavy atom. The third-order valence-electron chi connectivity index (χ3n) is 2.21. The fourth-order valence-corrected chi connectivity index (χ4v) is 1.43. The third kappa shape index (κ3) is 1.39. The Bertz CT molecular complexity index is 206. The van der Waals surface area contributed by atoms with Crippen LogP contribution in [0.1, 0.15) is 19.8 Å². The van der Waals surface area contributed by atoms with Crippen molar-refractivity contribution in [3.05, 3.63) is 12.7 Å². The van der Waals surface area contributed by atoms with Crippen LogP contribution in [0.3, 0.4) is 0 Å². The Morgan fingerprint density at radius 1 is 1.64 bits per heavy atom. The molecule has 0 heterocycles. The molecule has 11 heavy (non-hydrogen) atoms. The molecule has 1 aliphatic rings. The lowest BCUT2D eigenvalue weighted by Gasteiger charge is -2.01. The second-order valence-corrected chi connectivity index (χ2v) is 3.02. The van der Waals surface area contributed by atoms with E-state index in [9.17, 15) is 9.59 Å². The van der Waals surface area contributed by atoms with Gasteiger partial charge in [-0.05, 0) is 13.3 Å². The number of Topliss-reactive ketones (excluding diaryl/α,β-unsaturated/α-hetero) is 2. The van der Waals surface area contributed by atoms with Gasteiger partial charge >= 0.3 is 0 Å². The molecular weight excluding hydrogens is 140 g/mol. The van der Waals surface area contributed by atoms with Crippen LogP contribution in [-0.2, 0) is 9.59 Å². The van der Waals surface area contributed by atoms with Gasteiger partial charge in [-0.15, -0.1) is 6.58 Å². The number of allylic oxidation sites excluding steroid dienone is 1. The van der Waals surface area contributed by atoms with Crippen LogP contribution in [0.15, 0.2) is 12.7 Å². The fraction of sp³-hybridized carbons (Fsp3) is 0.556. The van der Waals surface area contributed by atoms with Gasteiger partial charge < -0.3 is 0 Å². The predicted octanol–water partition coefficient (Wildman–Crippen LogP) is 1.36. The molecular formula is C9H12O2. The number of carbonyl (C=O) groups excluding carboxylic acids is 2. The first-order valence-electron chi connectivity index (χ1n) is 3.84. The lowest BCUT2D eigenvalue weighted by molar-refractivity contribution is -0.127. The van der Waals surface area contributed by atoms with Crippen LogP contribution in [-0.4, -0.2) is 11.6 Å². The molecule has 2 nitrogen and oxygen atoms in total. The highest BCUT2D eigenvalue weighted by atomic mass is 16.2. The van der Waals surface area contributed by atoms with Gasteiger partial charge in [-0.3, -0.25) is 9.59 Å². The van der Waals surface area contributed by atoms with Gasteiger partial charge in [0.2, 0.25) is 0 Å². The van der Waals surface area contributed by atoms with Gasteiger partial charge in [0.15, 0.2) is 0 Å². The van der Waals surface area contributed by atoms with Crippen molar-refractivity contribution >= 4 is 11.6 Å². The molecule has 0 bridgehead atoms. The minimum absolute atomic E-state index is 0.0741. The molecule has 2 heteroatoms. The smallest absolute Gasteiger partial charge is 0.146 e. The van der Waals surface area contributed by atoms with E-state index in [4.69, 9.17) is 0 Å². The molecule has 0 spiro atoms. The molecule has 0 aromatic rings. The number of hydrogen-bond acceptors (Lipinski definition) is 2. The molecule has 0 amide bonds. The lowest BCUT2D eigenvalue weighted by atomic mass is 10.0. The zero-order chi connectivity index (χ0) is 8.43. The van der Waals surface area contributed by atoms with Gasteiger partial charge in [0.1, 0.15) is 11.6 Å². The van der Waals surface area contributed by atoms with Crippen LogP contribution in [0.4, 0.5) is 0 Å². The number of carbonyl (C=O) groups is 2. The van der Waals surface area contributed by atoms with Crippen molar-refractivity contribution in [3.8, 4) is 0 Å². The molecule has 60 valence electrons. The summed E-state index contributed by atoms with van der Waals surface area (Å²) < 4.78 is 0. The maximum Gasteiger partial charge on any atom is 0.146 e. The summed E-state index contributed by atoms with van der Waals surface area (Å²) >= 11 is 0. The van der Waals surface area contributed by atoms with E-state index in [1.807, 2.05) is 0 Å². The molecule has 1 aliphatic carbocycles. The summed E-state index contributed by atoms with van der Waals surface area (Å²) in [6.07, 6.45) is 2.77. The Kier molecular flexibility index (Phi) is 2.22. The van der Waals surface area contributed by atoms with Crippen LogP contribution < -0.4 is 0 Å². The molecule has 2 atom stereocenters. The molecule has 0 N–H and O–H groups in total. The average Bonchev–Trinajstić information content (AvgIpc) is 2.19. The summed E-state index contributed by atoms with van der Waals surface area (Å²) in [5.74, 6) is -0.258. The molecule has 0 aromatic heterocycles. The monoisotopic (exact) mass is 152 g/mol. The average molecular weight is 152 g/mol. The topological polar surface area (TPSA) is 34.1 Å². The van der Waals surface area contributed by atoms with Crippen molar-refractivity contribution in [3.63, 3.8) is 0 Å². The van der Waals surface area contributed by atoms with E-state index in [1.54, 1.807) is 13.0 Å². The number of rotatable bonds is 2. The van der Waals surface area contributed by atoms with Gasteiger partial charge in [-0.1, -0.05) is 6.08 Å². The van der Waals surface area contributed by atoms with Gasteiger partial charge in [0, 0.05) is 12.3 Å². The van der Waals surface area contributed by atoms with E-state index in [-0.39, 0.29) is 23.4 Å². The highest BCUT2D eigenvalue weighted by Crippen LogP contribution is 2.26. The van der Waals surface area contributed by atoms with Crippen LogP contribution in [0.25, 0.3) is 0 Å². The maximum atomic E-state index is 11.2. The van der Waals surface area contributed by atoms with Crippen molar-refractivity contribution in [2.24, 2.45) is 11.8 Å². The highest BCUT2D eigenvalue weighted by molar-refractivity contribution is 6.09. The minimum atomic E-state index is -0.361. The Labute approximate surface area is 66.3 Å². The van der Waals surface area contributed by atoms with E-state index >= 15 is 0 Å². The molecule has 0 saturated heterocycles. The van der Waals surface area contributed by atoms with Crippen LogP contribution >= 0.6 is 0 Å².